The zero-order valence-corrected chi connectivity index (χ0v) is 20.4. The molecule has 0 saturated carbocycles. The van der Waals surface area contributed by atoms with Gasteiger partial charge in [-0.1, -0.05) is 20.3 Å². The molecule has 2 aliphatic rings. The lowest BCUT2D eigenvalue weighted by molar-refractivity contribution is -0.380. The van der Waals surface area contributed by atoms with Crippen LogP contribution in [0, 0.1) is 5.41 Å². The molecule has 178 valence electrons. The fourth-order valence-electron chi connectivity index (χ4n) is 4.80. The van der Waals surface area contributed by atoms with Crippen LogP contribution in [-0.2, 0) is 4.79 Å². The Morgan fingerprint density at radius 1 is 1.18 bits per heavy atom. The summed E-state index contributed by atoms with van der Waals surface area (Å²) in [7, 11) is 0. The fourth-order valence-corrected chi connectivity index (χ4v) is 4.80. The second-order valence-electron chi connectivity index (χ2n) is 9.77. The van der Waals surface area contributed by atoms with E-state index in [1.165, 1.54) is 11.1 Å². The Balaban J connectivity index is 1.54. The van der Waals surface area contributed by atoms with Gasteiger partial charge in [0.2, 0.25) is 5.69 Å². The number of hydrogen-bond acceptors (Lipinski definition) is 3. The minimum Gasteiger partial charge on any atom is -0.481 e. The first-order chi connectivity index (χ1) is 16.4. The number of anilines is 1. The highest BCUT2D eigenvalue weighted by atomic mass is 16.5. The summed E-state index contributed by atoms with van der Waals surface area (Å²) >= 11 is 0. The number of fused-ring (bicyclic) bond motifs is 2. The molecule has 0 amide bonds. The van der Waals surface area contributed by atoms with E-state index < -0.39 is 5.97 Å². The maximum Gasteiger partial charge on any atom is 0.303 e. The molecule has 1 aliphatic heterocycles. The number of carboxylic acids is 1. The number of aromatic amines is 1. The topological polar surface area (TPSA) is 63.9 Å². The van der Waals surface area contributed by atoms with Crippen molar-refractivity contribution in [3.8, 4) is 5.75 Å². The third-order valence-corrected chi connectivity index (χ3v) is 6.61. The molecule has 0 unspecified atom stereocenters. The molecule has 34 heavy (non-hydrogen) atoms. The molecule has 2 aromatic rings. The number of aromatic nitrogens is 1. The molecule has 4 rings (SSSR count). The summed E-state index contributed by atoms with van der Waals surface area (Å²) in [5, 5.41) is 8.83. The van der Waals surface area contributed by atoms with Gasteiger partial charge in [0.25, 0.3) is 0 Å². The number of rotatable bonds is 9. The lowest BCUT2D eigenvalue weighted by Crippen LogP contribution is -2.26. The van der Waals surface area contributed by atoms with Crippen LogP contribution in [0.15, 0.2) is 65.6 Å². The summed E-state index contributed by atoms with van der Waals surface area (Å²) in [6, 6.07) is 12.6. The van der Waals surface area contributed by atoms with Crippen LogP contribution in [0.1, 0.15) is 64.1 Å². The van der Waals surface area contributed by atoms with E-state index in [1.807, 2.05) is 18.3 Å². The second-order valence-corrected chi connectivity index (χ2v) is 9.77. The van der Waals surface area contributed by atoms with Crippen molar-refractivity contribution in [2.75, 3.05) is 18.0 Å². The lowest BCUT2D eigenvalue weighted by atomic mass is 9.72. The number of carboxylic acid groups (broad SMARTS) is 1. The zero-order valence-electron chi connectivity index (χ0n) is 20.4. The van der Waals surface area contributed by atoms with E-state index in [0.717, 1.165) is 67.2 Å². The maximum absolute atomic E-state index is 10.7. The van der Waals surface area contributed by atoms with E-state index in [-0.39, 0.29) is 11.8 Å². The summed E-state index contributed by atoms with van der Waals surface area (Å²) in [5.74, 6) is 1.10. The lowest BCUT2D eigenvalue weighted by Gasteiger charge is -2.37. The van der Waals surface area contributed by atoms with Crippen molar-refractivity contribution in [1.29, 1.82) is 0 Å². The molecule has 0 radical (unpaired) electrons. The van der Waals surface area contributed by atoms with Crippen LogP contribution in [0.5, 0.6) is 5.75 Å². The third kappa shape index (κ3) is 5.58. The average Bonchev–Trinajstić information content (AvgIpc) is 2.80. The predicted molar refractivity (Wildman–Crippen MR) is 136 cm³/mol. The van der Waals surface area contributed by atoms with Gasteiger partial charge in [0, 0.05) is 60.6 Å². The first kappa shape index (κ1) is 23.8. The average molecular weight is 460 g/mol. The van der Waals surface area contributed by atoms with Crippen molar-refractivity contribution in [3.63, 3.8) is 0 Å². The van der Waals surface area contributed by atoms with Gasteiger partial charge in [-0.25, -0.2) is 4.98 Å². The molecule has 2 heterocycles. The maximum atomic E-state index is 10.7. The number of carbonyl (C=O) groups is 1. The third-order valence-electron chi connectivity index (χ3n) is 6.61. The molecule has 0 atom stereocenters. The van der Waals surface area contributed by atoms with Crippen molar-refractivity contribution < 1.29 is 19.6 Å². The number of benzene rings is 1. The minimum absolute atomic E-state index is 0.0214. The molecule has 0 fully saturated rings. The number of aliphatic carboxylic acids is 1. The molecule has 5 nitrogen and oxygen atoms in total. The molecular formula is C29H35N2O3+. The molecule has 0 saturated heterocycles. The van der Waals surface area contributed by atoms with Gasteiger partial charge >= 0.3 is 5.97 Å². The SMILES string of the molecule is CCN(CCCCCC(=O)O)c1ccc2c(c1)OC1=CC(=Cc3cccc[nH+]3)CC(C)(C)C1=C2. The number of allylic oxidation sites excluding steroid dienone is 3. The van der Waals surface area contributed by atoms with E-state index >= 15 is 0 Å². The van der Waals surface area contributed by atoms with Gasteiger partial charge in [0.1, 0.15) is 11.5 Å². The van der Waals surface area contributed by atoms with Gasteiger partial charge in [0.05, 0.1) is 0 Å². The molecular weight excluding hydrogens is 424 g/mol. The summed E-state index contributed by atoms with van der Waals surface area (Å²) in [5.41, 5.74) is 5.81. The Hall–Kier alpha value is -3.34. The van der Waals surface area contributed by atoms with Crippen molar-refractivity contribution in [2.24, 2.45) is 5.41 Å². The smallest absolute Gasteiger partial charge is 0.303 e. The van der Waals surface area contributed by atoms with Crippen LogP contribution in [0.2, 0.25) is 0 Å². The van der Waals surface area contributed by atoms with E-state index in [2.05, 4.69) is 73.1 Å². The predicted octanol–water partition coefficient (Wildman–Crippen LogP) is 6.15. The van der Waals surface area contributed by atoms with Crippen LogP contribution in [0.25, 0.3) is 12.2 Å². The van der Waals surface area contributed by atoms with E-state index in [1.54, 1.807) is 0 Å². The normalized spacial score (nSPS) is 17.2. The van der Waals surface area contributed by atoms with Crippen molar-refractivity contribution in [3.05, 3.63) is 76.8 Å². The first-order valence-electron chi connectivity index (χ1n) is 12.3. The summed E-state index contributed by atoms with van der Waals surface area (Å²) < 4.78 is 6.49. The molecule has 1 aromatic carbocycles. The number of unbranched alkanes of at least 4 members (excludes halogenated alkanes) is 2. The van der Waals surface area contributed by atoms with Crippen LogP contribution in [-0.4, -0.2) is 24.2 Å². The van der Waals surface area contributed by atoms with Crippen LogP contribution in [0.3, 0.4) is 0 Å². The van der Waals surface area contributed by atoms with Gasteiger partial charge in [-0.3, -0.25) is 4.79 Å². The Morgan fingerprint density at radius 2 is 2.03 bits per heavy atom. The Bertz CT molecular complexity index is 1130. The number of pyridine rings is 1. The monoisotopic (exact) mass is 459 g/mol. The van der Waals surface area contributed by atoms with E-state index in [4.69, 9.17) is 9.84 Å². The van der Waals surface area contributed by atoms with Crippen LogP contribution < -0.4 is 14.6 Å². The van der Waals surface area contributed by atoms with E-state index in [0.29, 0.717) is 0 Å². The number of nitrogens with one attached hydrogen (secondary N) is 1. The van der Waals surface area contributed by atoms with Gasteiger partial charge in [0.15, 0.2) is 6.20 Å². The number of ether oxygens (including phenoxy) is 1. The quantitative estimate of drug-likeness (QED) is 0.457. The van der Waals surface area contributed by atoms with Gasteiger partial charge in [-0.2, -0.15) is 0 Å². The molecule has 1 aliphatic carbocycles. The van der Waals surface area contributed by atoms with Crippen molar-refractivity contribution >= 4 is 23.8 Å². The minimum atomic E-state index is -0.716. The summed E-state index contributed by atoms with van der Waals surface area (Å²) in [6.07, 6.45) is 12.4. The van der Waals surface area contributed by atoms with Gasteiger partial charge < -0.3 is 14.7 Å². The second kappa shape index (κ2) is 10.3. The highest BCUT2D eigenvalue weighted by Gasteiger charge is 2.35. The number of hydrogen-bond donors (Lipinski definition) is 1. The molecule has 5 heteroatoms. The Morgan fingerprint density at radius 3 is 2.76 bits per heavy atom. The first-order valence-corrected chi connectivity index (χ1v) is 12.3. The highest BCUT2D eigenvalue weighted by molar-refractivity contribution is 5.73. The molecule has 1 aromatic heterocycles. The standard InChI is InChI=1S/C29H34N2O3/c1-4-31(15-9-5-6-11-28(32)33)24-13-12-22-18-25-27(34-26(22)19-24)17-21(20-29(25,2)3)16-23-10-7-8-14-30-23/h7-8,10,12-14,16-19H,4-6,9,11,15,20H2,1-3H3,(H,32,33)/p+1. The van der Waals surface area contributed by atoms with Crippen molar-refractivity contribution in [2.45, 2.75) is 52.9 Å². The summed E-state index contributed by atoms with van der Waals surface area (Å²) in [6.45, 7) is 8.52. The molecule has 0 bridgehead atoms. The Kier molecular flexibility index (Phi) is 7.20. The molecule has 2 N–H and O–H groups in total. The van der Waals surface area contributed by atoms with Gasteiger partial charge in [-0.05, 0) is 67.5 Å². The highest BCUT2D eigenvalue weighted by Crippen LogP contribution is 2.48. The van der Waals surface area contributed by atoms with Crippen molar-refractivity contribution in [1.82, 2.24) is 0 Å². The number of H-pyrrole nitrogens is 1. The summed E-state index contributed by atoms with van der Waals surface area (Å²) in [4.78, 5) is 16.3. The van der Waals surface area contributed by atoms with Crippen LogP contribution in [0.4, 0.5) is 5.69 Å². The number of nitrogens with zero attached hydrogens (tertiary/aromatic N) is 1. The largest absolute Gasteiger partial charge is 0.481 e. The van der Waals surface area contributed by atoms with E-state index in [9.17, 15) is 4.79 Å². The molecule has 0 spiro atoms. The fraction of sp³-hybridized carbons (Fsp3) is 0.379. The Labute approximate surface area is 202 Å². The van der Waals surface area contributed by atoms with Crippen LogP contribution >= 0.6 is 0 Å². The zero-order chi connectivity index (χ0) is 24.1. The van der Waals surface area contributed by atoms with Gasteiger partial charge in [-0.15, -0.1) is 0 Å².